The Hall–Kier alpha value is -3.84. The van der Waals surface area contributed by atoms with Crippen LogP contribution < -0.4 is 10.7 Å². The number of hydrogen-bond donors (Lipinski definition) is 4. The van der Waals surface area contributed by atoms with E-state index in [4.69, 9.17) is 11.6 Å². The average Bonchev–Trinajstić information content (AvgIpc) is 2.89. The van der Waals surface area contributed by atoms with E-state index in [0.29, 0.717) is 19.6 Å². The largest absolute Gasteiger partial charge is 0.417 e. The van der Waals surface area contributed by atoms with Crippen molar-refractivity contribution in [1.82, 2.24) is 10.3 Å². The van der Waals surface area contributed by atoms with Gasteiger partial charge in [-0.2, -0.15) is 18.3 Å². The second-order valence-electron chi connectivity index (χ2n) is 9.67. The Morgan fingerprint density at radius 3 is 2.33 bits per heavy atom. The molecule has 2 unspecified atom stereocenters. The quantitative estimate of drug-likeness (QED) is 0.138. The number of halogens is 5. The number of amides is 2. The molecule has 3 aromatic carbocycles. The molecule has 0 radical (unpaired) electrons. The second-order valence-corrected chi connectivity index (χ2v) is 10.1. The molecular formula is C29H29ClF4N4O4. The minimum absolute atomic E-state index is 0.000123. The highest BCUT2D eigenvalue weighted by atomic mass is 35.5. The van der Waals surface area contributed by atoms with Crippen LogP contribution >= 0.6 is 11.6 Å². The van der Waals surface area contributed by atoms with Crippen molar-refractivity contribution in [1.29, 1.82) is 0 Å². The molecule has 0 saturated heterocycles. The molecule has 42 heavy (non-hydrogen) atoms. The fourth-order valence-corrected chi connectivity index (χ4v) is 4.32. The molecular weight excluding hydrogens is 580 g/mol. The maximum Gasteiger partial charge on any atom is 0.417 e. The summed E-state index contributed by atoms with van der Waals surface area (Å²) in [5, 5.41) is 25.3. The summed E-state index contributed by atoms with van der Waals surface area (Å²) in [6.45, 7) is 4.21. The number of benzene rings is 3. The highest BCUT2D eigenvalue weighted by molar-refractivity contribution is 6.31. The van der Waals surface area contributed by atoms with Crippen molar-refractivity contribution in [2.45, 2.75) is 38.8 Å². The minimum atomic E-state index is -4.69. The number of carbonyl (C=O) groups excluding carboxylic acids is 2. The lowest BCUT2D eigenvalue weighted by molar-refractivity contribution is -0.137. The first-order chi connectivity index (χ1) is 19.7. The minimum Gasteiger partial charge on any atom is -0.392 e. The van der Waals surface area contributed by atoms with Gasteiger partial charge in [0, 0.05) is 25.2 Å². The fourth-order valence-electron chi connectivity index (χ4n) is 4.09. The number of nitrogens with zero attached hydrogens (tertiary/aromatic N) is 2. The van der Waals surface area contributed by atoms with Gasteiger partial charge >= 0.3 is 6.18 Å². The van der Waals surface area contributed by atoms with Gasteiger partial charge in [-0.1, -0.05) is 29.8 Å². The van der Waals surface area contributed by atoms with Crippen LogP contribution in [0.4, 0.5) is 23.2 Å². The SMILES string of the molecule is CC(O)CN(Cc1cccc(C(=O)Nc2ccc(F)cc2C(=O)NN=Cc2ccc(Cl)c(C(F)(F)F)c2)c1)CC(C)O. The molecule has 224 valence electrons. The first-order valence-electron chi connectivity index (χ1n) is 12.7. The number of aliphatic hydroxyl groups excluding tert-OH is 2. The van der Waals surface area contributed by atoms with Gasteiger partial charge < -0.3 is 15.5 Å². The lowest BCUT2D eigenvalue weighted by Crippen LogP contribution is -2.35. The van der Waals surface area contributed by atoms with Gasteiger partial charge in [-0.15, -0.1) is 0 Å². The zero-order valence-corrected chi connectivity index (χ0v) is 23.4. The van der Waals surface area contributed by atoms with Crippen LogP contribution in [0.25, 0.3) is 0 Å². The zero-order valence-electron chi connectivity index (χ0n) is 22.6. The smallest absolute Gasteiger partial charge is 0.392 e. The van der Waals surface area contributed by atoms with Crippen LogP contribution in [-0.4, -0.2) is 58.4 Å². The standard InChI is InChI=1S/C29H29ClF4N4O4/c1-17(39)14-38(15-18(2)40)16-20-4-3-5-21(10-20)27(41)36-26-9-7-22(31)12-23(26)28(42)37-35-13-19-6-8-25(30)24(11-19)29(32,33)34/h3-13,17-18,39-40H,14-16H2,1-2H3,(H,36,41)(H,37,42). The molecule has 0 heterocycles. The molecule has 3 rings (SSSR count). The monoisotopic (exact) mass is 608 g/mol. The molecule has 2 atom stereocenters. The van der Waals surface area contributed by atoms with Crippen molar-refractivity contribution in [3.8, 4) is 0 Å². The van der Waals surface area contributed by atoms with Crippen LogP contribution in [0.3, 0.4) is 0 Å². The van der Waals surface area contributed by atoms with Crippen molar-refractivity contribution in [3.05, 3.63) is 99.3 Å². The van der Waals surface area contributed by atoms with E-state index >= 15 is 0 Å². The van der Waals surface area contributed by atoms with Gasteiger partial charge in [0.1, 0.15) is 5.82 Å². The topological polar surface area (TPSA) is 114 Å². The lowest BCUT2D eigenvalue weighted by atomic mass is 10.1. The van der Waals surface area contributed by atoms with Crippen LogP contribution in [0.5, 0.6) is 0 Å². The molecule has 2 amide bonds. The molecule has 4 N–H and O–H groups in total. The summed E-state index contributed by atoms with van der Waals surface area (Å²) in [6, 6.07) is 12.8. The number of rotatable bonds is 11. The summed E-state index contributed by atoms with van der Waals surface area (Å²) < 4.78 is 53.3. The Balaban J connectivity index is 1.75. The van der Waals surface area contributed by atoms with Crippen LogP contribution in [0.2, 0.25) is 5.02 Å². The van der Waals surface area contributed by atoms with E-state index in [9.17, 15) is 37.4 Å². The van der Waals surface area contributed by atoms with Gasteiger partial charge in [-0.05, 0) is 67.4 Å². The van der Waals surface area contributed by atoms with Gasteiger partial charge in [0.25, 0.3) is 11.8 Å². The summed E-state index contributed by atoms with van der Waals surface area (Å²) >= 11 is 5.61. The van der Waals surface area contributed by atoms with E-state index in [2.05, 4.69) is 15.8 Å². The van der Waals surface area contributed by atoms with Crippen LogP contribution in [0.15, 0.2) is 65.8 Å². The Labute approximate surface area is 244 Å². The molecule has 0 bridgehead atoms. The molecule has 0 saturated carbocycles. The van der Waals surface area contributed by atoms with Crippen LogP contribution in [0, 0.1) is 5.82 Å². The predicted molar refractivity (Wildman–Crippen MR) is 151 cm³/mol. The van der Waals surface area contributed by atoms with Gasteiger partial charge in [0.2, 0.25) is 0 Å². The number of anilines is 1. The van der Waals surface area contributed by atoms with Gasteiger partial charge in [-0.3, -0.25) is 14.5 Å². The molecule has 0 fully saturated rings. The van der Waals surface area contributed by atoms with Crippen molar-refractivity contribution in [2.75, 3.05) is 18.4 Å². The third-order valence-electron chi connectivity index (χ3n) is 5.79. The third kappa shape index (κ3) is 9.62. The zero-order chi connectivity index (χ0) is 31.0. The van der Waals surface area contributed by atoms with Gasteiger partial charge in [0.05, 0.1) is 40.3 Å². The Kier molecular flexibility index (Phi) is 11.2. The second kappa shape index (κ2) is 14.4. The molecule has 0 spiro atoms. The summed E-state index contributed by atoms with van der Waals surface area (Å²) in [6.07, 6.45) is -4.99. The van der Waals surface area contributed by atoms with Crippen molar-refractivity contribution >= 4 is 35.3 Å². The molecule has 8 nitrogen and oxygen atoms in total. The number of alkyl halides is 3. The van der Waals surface area contributed by atoms with E-state index in [-0.39, 0.29) is 22.4 Å². The molecule has 3 aromatic rings. The number of hydrogen-bond acceptors (Lipinski definition) is 6. The fraction of sp³-hybridized carbons (Fsp3) is 0.276. The van der Waals surface area contributed by atoms with E-state index in [1.807, 2.05) is 4.90 Å². The summed E-state index contributed by atoms with van der Waals surface area (Å²) in [5.41, 5.74) is 1.70. The Morgan fingerprint density at radius 2 is 1.69 bits per heavy atom. The molecule has 0 aromatic heterocycles. The predicted octanol–water partition coefficient (Wildman–Crippen LogP) is 5.08. The van der Waals surface area contributed by atoms with Crippen molar-refractivity contribution in [3.63, 3.8) is 0 Å². The van der Waals surface area contributed by atoms with Crippen molar-refractivity contribution in [2.24, 2.45) is 5.10 Å². The number of carbonyl (C=O) groups is 2. The van der Waals surface area contributed by atoms with Gasteiger partial charge in [-0.25, -0.2) is 9.82 Å². The maximum atomic E-state index is 14.0. The van der Waals surface area contributed by atoms with E-state index in [1.165, 1.54) is 12.1 Å². The third-order valence-corrected chi connectivity index (χ3v) is 6.12. The summed E-state index contributed by atoms with van der Waals surface area (Å²) in [4.78, 5) is 27.6. The van der Waals surface area contributed by atoms with Crippen molar-refractivity contribution < 1.29 is 37.4 Å². The first kappa shape index (κ1) is 32.7. The van der Waals surface area contributed by atoms with E-state index < -0.39 is 46.6 Å². The molecule has 13 heteroatoms. The molecule has 0 aliphatic rings. The lowest BCUT2D eigenvalue weighted by Gasteiger charge is -2.25. The van der Waals surface area contributed by atoms with Crippen LogP contribution in [0.1, 0.15) is 51.3 Å². The average molecular weight is 609 g/mol. The first-order valence-corrected chi connectivity index (χ1v) is 13.1. The number of hydrazone groups is 1. The summed E-state index contributed by atoms with van der Waals surface area (Å²) in [5.74, 6) is -2.29. The number of nitrogens with one attached hydrogen (secondary N) is 2. The van der Waals surface area contributed by atoms with Crippen LogP contribution in [-0.2, 0) is 12.7 Å². The number of aliphatic hydroxyl groups is 2. The Bertz CT molecular complexity index is 1440. The molecule has 0 aliphatic heterocycles. The summed E-state index contributed by atoms with van der Waals surface area (Å²) in [7, 11) is 0. The maximum absolute atomic E-state index is 14.0. The van der Waals surface area contributed by atoms with E-state index in [1.54, 1.807) is 38.1 Å². The van der Waals surface area contributed by atoms with E-state index in [0.717, 1.165) is 36.0 Å². The normalized spacial score (nSPS) is 13.3. The highest BCUT2D eigenvalue weighted by Gasteiger charge is 2.33. The highest BCUT2D eigenvalue weighted by Crippen LogP contribution is 2.34. The van der Waals surface area contributed by atoms with Gasteiger partial charge in [0.15, 0.2) is 0 Å². The molecule has 0 aliphatic carbocycles. The Morgan fingerprint density at radius 1 is 1.00 bits per heavy atom.